The Bertz CT molecular complexity index is 478. The Morgan fingerprint density at radius 2 is 1.68 bits per heavy atom. The lowest BCUT2D eigenvalue weighted by atomic mass is 9.89. The smallest absolute Gasteiger partial charge is 0.118 e. The third kappa shape index (κ3) is 3.83. The number of quaternary nitrogens is 1. The van der Waals surface area contributed by atoms with Crippen LogP contribution in [0.2, 0.25) is 0 Å². The summed E-state index contributed by atoms with van der Waals surface area (Å²) in [7, 11) is 1.70. The Morgan fingerprint density at radius 3 is 2.26 bits per heavy atom. The van der Waals surface area contributed by atoms with Crippen molar-refractivity contribution in [3.63, 3.8) is 0 Å². The molecule has 0 heterocycles. The van der Waals surface area contributed by atoms with Crippen molar-refractivity contribution < 1.29 is 10.5 Å². The second kappa shape index (κ2) is 6.95. The van der Waals surface area contributed by atoms with Gasteiger partial charge >= 0.3 is 0 Å². The molecule has 2 nitrogen and oxygen atoms in total. The first kappa shape index (κ1) is 13.6. The maximum atomic E-state index is 5.21. The van der Waals surface area contributed by atoms with E-state index in [1.165, 1.54) is 11.1 Å². The zero-order valence-electron chi connectivity index (χ0n) is 11.5. The fourth-order valence-corrected chi connectivity index (χ4v) is 2.41. The van der Waals surface area contributed by atoms with E-state index in [-0.39, 0.29) is 0 Å². The molecule has 0 aliphatic carbocycles. The highest BCUT2D eigenvalue weighted by Crippen LogP contribution is 2.25. The highest BCUT2D eigenvalue weighted by Gasteiger charge is 2.12. The molecule has 0 radical (unpaired) electrons. The monoisotopic (exact) mass is 256 g/mol. The van der Waals surface area contributed by atoms with E-state index < -0.39 is 0 Å². The van der Waals surface area contributed by atoms with Crippen LogP contribution in [0.25, 0.3) is 0 Å². The molecule has 0 aromatic heterocycles. The molecule has 19 heavy (non-hydrogen) atoms. The molecule has 0 aliphatic rings. The molecular weight excluding hydrogens is 234 g/mol. The van der Waals surface area contributed by atoms with Gasteiger partial charge in [-0.25, -0.2) is 0 Å². The molecule has 2 heteroatoms. The number of benzene rings is 2. The van der Waals surface area contributed by atoms with Crippen LogP contribution in [0.4, 0.5) is 0 Å². The van der Waals surface area contributed by atoms with E-state index in [2.05, 4.69) is 48.2 Å². The van der Waals surface area contributed by atoms with E-state index in [1.807, 2.05) is 12.1 Å². The summed E-state index contributed by atoms with van der Waals surface area (Å²) in [6.45, 7) is 0.962. The zero-order chi connectivity index (χ0) is 13.5. The van der Waals surface area contributed by atoms with Gasteiger partial charge in [0.2, 0.25) is 0 Å². The standard InChI is InChI=1S/C17H21NO/c1-19-17-9-7-15(8-10-17)16(11-12-18)13-14-5-3-2-4-6-14/h2-10,16H,11-13,18H2,1H3/p+1/t16-/m0/s1. The van der Waals surface area contributed by atoms with E-state index in [4.69, 9.17) is 4.74 Å². The number of ether oxygens (including phenoxy) is 1. The van der Waals surface area contributed by atoms with Crippen LogP contribution in [0.15, 0.2) is 54.6 Å². The van der Waals surface area contributed by atoms with E-state index in [0.717, 1.165) is 25.1 Å². The fourth-order valence-electron chi connectivity index (χ4n) is 2.41. The molecule has 0 saturated carbocycles. The van der Waals surface area contributed by atoms with Crippen molar-refractivity contribution in [3.8, 4) is 5.75 Å². The maximum absolute atomic E-state index is 5.21. The Balaban J connectivity index is 2.14. The van der Waals surface area contributed by atoms with Gasteiger partial charge in [-0.05, 0) is 35.6 Å². The minimum absolute atomic E-state index is 0.533. The van der Waals surface area contributed by atoms with Gasteiger partial charge in [-0.15, -0.1) is 0 Å². The summed E-state index contributed by atoms with van der Waals surface area (Å²) in [5, 5.41) is 0. The first-order valence-corrected chi connectivity index (χ1v) is 6.80. The van der Waals surface area contributed by atoms with Crippen LogP contribution in [-0.2, 0) is 6.42 Å². The number of methoxy groups -OCH3 is 1. The number of hydrogen-bond acceptors (Lipinski definition) is 1. The molecule has 2 aromatic rings. The van der Waals surface area contributed by atoms with Gasteiger partial charge < -0.3 is 10.5 Å². The first-order valence-electron chi connectivity index (χ1n) is 6.80. The summed E-state index contributed by atoms with van der Waals surface area (Å²) in [6, 6.07) is 19.1. The van der Waals surface area contributed by atoms with Gasteiger partial charge in [-0.2, -0.15) is 0 Å². The van der Waals surface area contributed by atoms with Gasteiger partial charge in [0.05, 0.1) is 13.7 Å². The van der Waals surface area contributed by atoms with Crippen LogP contribution in [-0.4, -0.2) is 13.7 Å². The minimum Gasteiger partial charge on any atom is -0.497 e. The largest absolute Gasteiger partial charge is 0.497 e. The summed E-state index contributed by atoms with van der Waals surface area (Å²) < 4.78 is 5.21. The van der Waals surface area contributed by atoms with Crippen molar-refractivity contribution in [2.45, 2.75) is 18.8 Å². The summed E-state index contributed by atoms with van der Waals surface area (Å²) in [4.78, 5) is 0. The molecule has 0 fully saturated rings. The number of hydrogen-bond donors (Lipinski definition) is 1. The molecule has 1 atom stereocenters. The normalized spacial score (nSPS) is 12.1. The van der Waals surface area contributed by atoms with Gasteiger partial charge in [0.15, 0.2) is 0 Å². The lowest BCUT2D eigenvalue weighted by molar-refractivity contribution is -0.369. The van der Waals surface area contributed by atoms with Crippen LogP contribution >= 0.6 is 0 Å². The van der Waals surface area contributed by atoms with E-state index in [1.54, 1.807) is 7.11 Å². The van der Waals surface area contributed by atoms with Crippen LogP contribution in [0.3, 0.4) is 0 Å². The predicted octanol–water partition coefficient (Wildman–Crippen LogP) is 2.65. The number of rotatable bonds is 6. The Morgan fingerprint density at radius 1 is 1.00 bits per heavy atom. The van der Waals surface area contributed by atoms with Crippen molar-refractivity contribution in [2.24, 2.45) is 0 Å². The average molecular weight is 256 g/mol. The molecule has 2 aromatic carbocycles. The Kier molecular flexibility index (Phi) is 4.99. The maximum Gasteiger partial charge on any atom is 0.118 e. The van der Waals surface area contributed by atoms with Crippen LogP contribution in [0.1, 0.15) is 23.5 Å². The molecule has 0 spiro atoms. The molecule has 100 valence electrons. The third-order valence-electron chi connectivity index (χ3n) is 3.46. The lowest BCUT2D eigenvalue weighted by Crippen LogP contribution is -2.50. The average Bonchev–Trinajstić information content (AvgIpc) is 2.48. The summed E-state index contributed by atoms with van der Waals surface area (Å²) in [5.74, 6) is 1.45. The first-order chi connectivity index (χ1) is 9.33. The van der Waals surface area contributed by atoms with Crippen LogP contribution in [0.5, 0.6) is 5.75 Å². The minimum atomic E-state index is 0.533. The highest BCUT2D eigenvalue weighted by molar-refractivity contribution is 5.30. The van der Waals surface area contributed by atoms with Crippen molar-refractivity contribution in [1.29, 1.82) is 0 Å². The molecule has 0 bridgehead atoms. The summed E-state index contributed by atoms with van der Waals surface area (Å²) in [6.07, 6.45) is 2.18. The van der Waals surface area contributed by atoms with Gasteiger partial charge in [-0.1, -0.05) is 42.5 Å². The van der Waals surface area contributed by atoms with Gasteiger partial charge in [0.25, 0.3) is 0 Å². The van der Waals surface area contributed by atoms with Gasteiger partial charge in [0, 0.05) is 6.42 Å². The molecule has 3 N–H and O–H groups in total. The van der Waals surface area contributed by atoms with E-state index in [9.17, 15) is 0 Å². The van der Waals surface area contributed by atoms with Gasteiger partial charge in [-0.3, -0.25) is 0 Å². The third-order valence-corrected chi connectivity index (χ3v) is 3.46. The molecular formula is C17H22NO+. The highest BCUT2D eigenvalue weighted by atomic mass is 16.5. The quantitative estimate of drug-likeness (QED) is 0.847. The van der Waals surface area contributed by atoms with Crippen LogP contribution in [0, 0.1) is 0 Å². The molecule has 0 aliphatic heterocycles. The van der Waals surface area contributed by atoms with Crippen molar-refractivity contribution in [2.75, 3.05) is 13.7 Å². The van der Waals surface area contributed by atoms with Crippen molar-refractivity contribution in [3.05, 3.63) is 65.7 Å². The zero-order valence-corrected chi connectivity index (χ0v) is 11.5. The molecule has 0 amide bonds. The Hall–Kier alpha value is -1.80. The van der Waals surface area contributed by atoms with Crippen molar-refractivity contribution >= 4 is 0 Å². The topological polar surface area (TPSA) is 36.9 Å². The summed E-state index contributed by atoms with van der Waals surface area (Å²) >= 11 is 0. The van der Waals surface area contributed by atoms with E-state index in [0.29, 0.717) is 5.92 Å². The fraction of sp³-hybridized carbons (Fsp3) is 0.294. The molecule has 2 rings (SSSR count). The van der Waals surface area contributed by atoms with Gasteiger partial charge in [0.1, 0.15) is 5.75 Å². The lowest BCUT2D eigenvalue weighted by Gasteiger charge is -2.16. The SMILES string of the molecule is COc1ccc([C@@H](CC[NH3+])Cc2ccccc2)cc1. The van der Waals surface area contributed by atoms with Crippen LogP contribution < -0.4 is 10.5 Å². The Labute approximate surface area is 115 Å². The predicted molar refractivity (Wildman–Crippen MR) is 78.3 cm³/mol. The summed E-state index contributed by atoms with van der Waals surface area (Å²) in [5.41, 5.74) is 6.76. The molecule has 0 unspecified atom stereocenters. The second-order valence-electron chi connectivity index (χ2n) is 4.80. The molecule has 0 saturated heterocycles. The second-order valence-corrected chi connectivity index (χ2v) is 4.80. The van der Waals surface area contributed by atoms with E-state index >= 15 is 0 Å². The van der Waals surface area contributed by atoms with Crippen molar-refractivity contribution in [1.82, 2.24) is 0 Å².